The van der Waals surface area contributed by atoms with Gasteiger partial charge >= 0.3 is 0 Å². The Labute approximate surface area is 127 Å². The van der Waals surface area contributed by atoms with E-state index in [0.717, 1.165) is 33.7 Å². The van der Waals surface area contributed by atoms with E-state index in [1.807, 2.05) is 7.05 Å². The number of aromatic nitrogens is 2. The second-order valence-corrected chi connectivity index (χ2v) is 5.83. The average molecular weight is 365 g/mol. The van der Waals surface area contributed by atoms with Crippen LogP contribution in [-0.4, -0.2) is 17.0 Å². The topological polar surface area (TPSA) is 37.8 Å². The van der Waals surface area contributed by atoms with E-state index in [1.54, 1.807) is 0 Å². The lowest BCUT2D eigenvalue weighted by Crippen LogP contribution is -2.22. The molecule has 1 atom stereocenters. The fourth-order valence-corrected chi connectivity index (χ4v) is 3.45. The molecule has 0 saturated heterocycles. The van der Waals surface area contributed by atoms with Gasteiger partial charge in [0, 0.05) is 13.0 Å². The molecule has 1 aromatic heterocycles. The van der Waals surface area contributed by atoms with Crippen LogP contribution >= 0.6 is 22.6 Å². The summed E-state index contributed by atoms with van der Waals surface area (Å²) in [6.07, 6.45) is 2.00. The zero-order valence-electron chi connectivity index (χ0n) is 11.1. The van der Waals surface area contributed by atoms with Crippen molar-refractivity contribution in [1.29, 1.82) is 0 Å². The van der Waals surface area contributed by atoms with Crippen LogP contribution < -0.4 is 5.32 Å². The molecular weight excluding hydrogens is 349 g/mol. The van der Waals surface area contributed by atoms with Gasteiger partial charge in [-0.05, 0) is 46.6 Å². The molecule has 0 saturated carbocycles. The average Bonchev–Trinajstić information content (AvgIpc) is 2.41. The Morgan fingerprint density at radius 3 is 2.79 bits per heavy atom. The molecule has 1 heterocycles. The Balaban J connectivity index is 2.03. The van der Waals surface area contributed by atoms with E-state index in [1.165, 1.54) is 11.1 Å². The first-order chi connectivity index (χ1) is 9.24. The molecule has 1 aliphatic rings. The third kappa shape index (κ3) is 2.12. The molecular formula is C15H16IN3. The molecule has 4 heteroatoms. The first kappa shape index (κ1) is 12.8. The Bertz CT molecular complexity index is 600. The van der Waals surface area contributed by atoms with Crippen LogP contribution in [0.1, 0.15) is 35.5 Å². The fraction of sp³-hybridized carbons (Fsp3) is 0.333. The van der Waals surface area contributed by atoms with Crippen molar-refractivity contribution in [3.8, 4) is 0 Å². The van der Waals surface area contributed by atoms with Crippen molar-refractivity contribution in [2.75, 3.05) is 12.4 Å². The van der Waals surface area contributed by atoms with Crippen LogP contribution in [-0.2, 0) is 12.8 Å². The standard InChI is InChI=1S/C15H16IN3/c1-3-12-13(16)15(17-2)19-14(18-12)11-8-9-6-4-5-7-10(9)11/h4-7,11H,3,8H2,1-2H3,(H,17,18,19). The first-order valence-electron chi connectivity index (χ1n) is 6.56. The first-order valence-corrected chi connectivity index (χ1v) is 7.64. The molecule has 3 rings (SSSR count). The van der Waals surface area contributed by atoms with Crippen molar-refractivity contribution in [1.82, 2.24) is 9.97 Å². The van der Waals surface area contributed by atoms with Gasteiger partial charge in [-0.15, -0.1) is 0 Å². The van der Waals surface area contributed by atoms with E-state index in [2.05, 4.69) is 59.1 Å². The molecule has 1 unspecified atom stereocenters. The van der Waals surface area contributed by atoms with Crippen molar-refractivity contribution in [3.05, 3.63) is 50.5 Å². The predicted octanol–water partition coefficient (Wildman–Crippen LogP) is 3.37. The van der Waals surface area contributed by atoms with Gasteiger partial charge in [0.2, 0.25) is 0 Å². The van der Waals surface area contributed by atoms with Gasteiger partial charge in [-0.3, -0.25) is 0 Å². The van der Waals surface area contributed by atoms with Crippen LogP contribution in [0, 0.1) is 3.57 Å². The number of nitrogens with zero attached hydrogens (tertiary/aromatic N) is 2. The summed E-state index contributed by atoms with van der Waals surface area (Å²) in [5, 5.41) is 3.18. The Hall–Kier alpha value is -1.17. The zero-order chi connectivity index (χ0) is 13.4. The van der Waals surface area contributed by atoms with Crippen LogP contribution in [0.4, 0.5) is 5.82 Å². The largest absolute Gasteiger partial charge is 0.372 e. The molecule has 0 spiro atoms. The van der Waals surface area contributed by atoms with E-state index in [0.29, 0.717) is 5.92 Å². The van der Waals surface area contributed by atoms with E-state index in [-0.39, 0.29) is 0 Å². The fourth-order valence-electron chi connectivity index (χ4n) is 2.56. The molecule has 98 valence electrons. The highest BCUT2D eigenvalue weighted by Gasteiger charge is 2.30. The van der Waals surface area contributed by atoms with Crippen LogP contribution in [0.5, 0.6) is 0 Å². The molecule has 19 heavy (non-hydrogen) atoms. The number of anilines is 1. The van der Waals surface area contributed by atoms with Gasteiger partial charge in [0.1, 0.15) is 11.6 Å². The monoisotopic (exact) mass is 365 g/mol. The lowest BCUT2D eigenvalue weighted by Gasteiger charge is -2.29. The van der Waals surface area contributed by atoms with Gasteiger partial charge in [-0.2, -0.15) is 0 Å². The summed E-state index contributed by atoms with van der Waals surface area (Å²) < 4.78 is 1.14. The summed E-state index contributed by atoms with van der Waals surface area (Å²) in [5.41, 5.74) is 3.95. The Kier molecular flexibility index (Phi) is 3.43. The van der Waals surface area contributed by atoms with E-state index < -0.39 is 0 Å². The number of fused-ring (bicyclic) bond motifs is 1. The maximum atomic E-state index is 4.76. The van der Waals surface area contributed by atoms with Crippen LogP contribution in [0.3, 0.4) is 0 Å². The van der Waals surface area contributed by atoms with Crippen molar-refractivity contribution >= 4 is 28.4 Å². The summed E-state index contributed by atoms with van der Waals surface area (Å²) in [4.78, 5) is 9.45. The molecule has 1 N–H and O–H groups in total. The van der Waals surface area contributed by atoms with E-state index >= 15 is 0 Å². The van der Waals surface area contributed by atoms with Gasteiger partial charge in [0.15, 0.2) is 0 Å². The van der Waals surface area contributed by atoms with Crippen LogP contribution in [0.2, 0.25) is 0 Å². The maximum Gasteiger partial charge on any atom is 0.143 e. The summed E-state index contributed by atoms with van der Waals surface area (Å²) in [6.45, 7) is 2.14. The van der Waals surface area contributed by atoms with E-state index in [4.69, 9.17) is 9.97 Å². The molecule has 1 aliphatic carbocycles. The maximum absolute atomic E-state index is 4.76. The molecule has 2 aromatic rings. The summed E-state index contributed by atoms with van der Waals surface area (Å²) in [7, 11) is 1.92. The number of nitrogens with one attached hydrogen (secondary N) is 1. The molecule has 0 fully saturated rings. The smallest absolute Gasteiger partial charge is 0.143 e. The highest BCUT2D eigenvalue weighted by atomic mass is 127. The summed E-state index contributed by atoms with van der Waals surface area (Å²) in [5.74, 6) is 2.28. The molecule has 3 nitrogen and oxygen atoms in total. The number of benzene rings is 1. The number of hydrogen-bond acceptors (Lipinski definition) is 3. The Morgan fingerprint density at radius 2 is 2.11 bits per heavy atom. The predicted molar refractivity (Wildman–Crippen MR) is 85.7 cm³/mol. The number of rotatable bonds is 3. The van der Waals surface area contributed by atoms with Crippen molar-refractivity contribution in [2.45, 2.75) is 25.7 Å². The minimum atomic E-state index is 0.366. The molecule has 0 aliphatic heterocycles. The minimum Gasteiger partial charge on any atom is -0.372 e. The summed E-state index contributed by atoms with van der Waals surface area (Å²) >= 11 is 2.32. The third-order valence-corrected chi connectivity index (χ3v) is 4.81. The lowest BCUT2D eigenvalue weighted by atomic mass is 9.77. The normalized spacial score (nSPS) is 16.7. The van der Waals surface area contributed by atoms with Gasteiger partial charge in [-0.1, -0.05) is 31.2 Å². The van der Waals surface area contributed by atoms with Gasteiger partial charge in [0.05, 0.1) is 9.26 Å². The van der Waals surface area contributed by atoms with Crippen LogP contribution in [0.25, 0.3) is 0 Å². The molecule has 0 bridgehead atoms. The molecule has 0 radical (unpaired) electrons. The highest BCUT2D eigenvalue weighted by molar-refractivity contribution is 14.1. The van der Waals surface area contributed by atoms with Crippen molar-refractivity contribution in [3.63, 3.8) is 0 Å². The van der Waals surface area contributed by atoms with Gasteiger partial charge in [-0.25, -0.2) is 9.97 Å². The third-order valence-electron chi connectivity index (χ3n) is 3.68. The second kappa shape index (κ2) is 5.07. The van der Waals surface area contributed by atoms with Crippen molar-refractivity contribution in [2.24, 2.45) is 0 Å². The zero-order valence-corrected chi connectivity index (χ0v) is 13.2. The van der Waals surface area contributed by atoms with E-state index in [9.17, 15) is 0 Å². The van der Waals surface area contributed by atoms with Crippen molar-refractivity contribution < 1.29 is 0 Å². The highest BCUT2D eigenvalue weighted by Crippen LogP contribution is 2.39. The molecule has 0 amide bonds. The molecule has 1 aromatic carbocycles. The number of hydrogen-bond donors (Lipinski definition) is 1. The Morgan fingerprint density at radius 1 is 1.32 bits per heavy atom. The SMILES string of the molecule is CCc1nc(C2Cc3ccccc32)nc(NC)c1I. The summed E-state index contributed by atoms with van der Waals surface area (Å²) in [6, 6.07) is 8.57. The second-order valence-electron chi connectivity index (χ2n) is 4.75. The lowest BCUT2D eigenvalue weighted by molar-refractivity contribution is 0.653. The van der Waals surface area contributed by atoms with Gasteiger partial charge in [0.25, 0.3) is 0 Å². The quantitative estimate of drug-likeness (QED) is 0.848. The minimum absolute atomic E-state index is 0.366. The van der Waals surface area contributed by atoms with Crippen LogP contribution in [0.15, 0.2) is 24.3 Å². The number of aryl methyl sites for hydroxylation is 1. The number of halogens is 1. The van der Waals surface area contributed by atoms with Gasteiger partial charge < -0.3 is 5.32 Å².